The van der Waals surface area contributed by atoms with E-state index in [1.807, 2.05) is 31.2 Å². The van der Waals surface area contributed by atoms with Gasteiger partial charge in [-0.25, -0.2) is 0 Å². The van der Waals surface area contributed by atoms with Crippen LogP contribution in [-0.2, 0) is 4.74 Å². The molecule has 1 aliphatic rings. The summed E-state index contributed by atoms with van der Waals surface area (Å²) in [6.07, 6.45) is -0.658. The molecule has 0 aromatic heterocycles. The van der Waals surface area contributed by atoms with E-state index in [-0.39, 0.29) is 6.04 Å². The van der Waals surface area contributed by atoms with Gasteiger partial charge in [0.1, 0.15) is 6.23 Å². The fourth-order valence-electron chi connectivity index (χ4n) is 3.32. The van der Waals surface area contributed by atoms with Gasteiger partial charge in [0.15, 0.2) is 0 Å². The van der Waals surface area contributed by atoms with Gasteiger partial charge in [-0.1, -0.05) is 59.7 Å². The second-order valence-electron chi connectivity index (χ2n) is 6.80. The standard InChI is InChI=1S/C21H28N2O2/c1-16-6-8-18(9-7-16)20(23-10-12-25-13-11-23)15-22-21(24)19-5-3-4-17(2)14-19/h3-9,14,20-22,24H,10-13,15H2,1-2H3/t20?,21-/m1/s1. The fraction of sp³-hybridized carbons (Fsp3) is 0.429. The number of benzene rings is 2. The van der Waals surface area contributed by atoms with E-state index in [9.17, 15) is 5.11 Å². The fourth-order valence-corrected chi connectivity index (χ4v) is 3.32. The Hall–Kier alpha value is -1.72. The zero-order chi connectivity index (χ0) is 17.6. The van der Waals surface area contributed by atoms with E-state index in [1.54, 1.807) is 0 Å². The van der Waals surface area contributed by atoms with Crippen molar-refractivity contribution < 1.29 is 9.84 Å². The summed E-state index contributed by atoms with van der Waals surface area (Å²) < 4.78 is 5.50. The Morgan fingerprint density at radius 3 is 2.40 bits per heavy atom. The first-order valence-corrected chi connectivity index (χ1v) is 9.00. The predicted octanol–water partition coefficient (Wildman–Crippen LogP) is 2.96. The number of nitrogens with zero attached hydrogens (tertiary/aromatic N) is 1. The van der Waals surface area contributed by atoms with Crippen LogP contribution in [0.3, 0.4) is 0 Å². The molecule has 4 nitrogen and oxygen atoms in total. The first-order chi connectivity index (χ1) is 12.1. The lowest BCUT2D eigenvalue weighted by Gasteiger charge is -2.35. The number of aryl methyl sites for hydroxylation is 2. The van der Waals surface area contributed by atoms with Crippen molar-refractivity contribution >= 4 is 0 Å². The molecule has 1 unspecified atom stereocenters. The van der Waals surface area contributed by atoms with Gasteiger partial charge in [-0.05, 0) is 25.0 Å². The molecule has 1 heterocycles. The predicted molar refractivity (Wildman–Crippen MR) is 100 cm³/mol. The van der Waals surface area contributed by atoms with Gasteiger partial charge in [0.2, 0.25) is 0 Å². The van der Waals surface area contributed by atoms with E-state index in [1.165, 1.54) is 11.1 Å². The van der Waals surface area contributed by atoms with E-state index >= 15 is 0 Å². The molecule has 0 amide bonds. The van der Waals surface area contributed by atoms with Crippen molar-refractivity contribution in [2.24, 2.45) is 0 Å². The normalized spacial score (nSPS) is 18.0. The average Bonchev–Trinajstić information content (AvgIpc) is 2.64. The van der Waals surface area contributed by atoms with Crippen LogP contribution in [0.4, 0.5) is 0 Å². The Balaban J connectivity index is 1.71. The van der Waals surface area contributed by atoms with E-state index in [2.05, 4.69) is 41.4 Å². The highest BCUT2D eigenvalue weighted by Crippen LogP contribution is 2.23. The van der Waals surface area contributed by atoms with Gasteiger partial charge in [-0.3, -0.25) is 10.2 Å². The second kappa shape index (κ2) is 8.59. The molecular formula is C21H28N2O2. The number of morpholine rings is 1. The lowest BCUT2D eigenvalue weighted by molar-refractivity contribution is 0.0120. The monoisotopic (exact) mass is 340 g/mol. The summed E-state index contributed by atoms with van der Waals surface area (Å²) >= 11 is 0. The minimum absolute atomic E-state index is 0.226. The lowest BCUT2D eigenvalue weighted by Crippen LogP contribution is -2.43. The molecule has 1 fully saturated rings. The van der Waals surface area contributed by atoms with Gasteiger partial charge in [0, 0.05) is 25.7 Å². The molecule has 0 bridgehead atoms. The third-order valence-electron chi connectivity index (χ3n) is 4.81. The van der Waals surface area contributed by atoms with E-state index in [0.717, 1.165) is 37.4 Å². The highest BCUT2D eigenvalue weighted by Gasteiger charge is 2.23. The number of aliphatic hydroxyl groups excluding tert-OH is 1. The highest BCUT2D eigenvalue weighted by molar-refractivity contribution is 5.26. The Kier molecular flexibility index (Phi) is 6.21. The van der Waals surface area contributed by atoms with Crippen LogP contribution < -0.4 is 5.32 Å². The first-order valence-electron chi connectivity index (χ1n) is 9.00. The summed E-state index contributed by atoms with van der Waals surface area (Å²) in [7, 11) is 0. The molecule has 4 heteroatoms. The summed E-state index contributed by atoms with van der Waals surface area (Å²) in [5.41, 5.74) is 4.60. The third-order valence-corrected chi connectivity index (χ3v) is 4.81. The largest absolute Gasteiger partial charge is 0.379 e. The lowest BCUT2D eigenvalue weighted by atomic mass is 10.0. The molecule has 0 radical (unpaired) electrons. The summed E-state index contributed by atoms with van der Waals surface area (Å²) in [5, 5.41) is 13.8. The maximum atomic E-state index is 10.5. The molecule has 0 aliphatic carbocycles. The molecule has 0 saturated carbocycles. The molecule has 2 aromatic rings. The van der Waals surface area contributed by atoms with Crippen LogP contribution in [0.2, 0.25) is 0 Å². The van der Waals surface area contributed by atoms with Crippen molar-refractivity contribution in [2.45, 2.75) is 26.1 Å². The topological polar surface area (TPSA) is 44.7 Å². The maximum Gasteiger partial charge on any atom is 0.131 e. The smallest absolute Gasteiger partial charge is 0.131 e. The number of ether oxygens (including phenoxy) is 1. The molecular weight excluding hydrogens is 312 g/mol. The van der Waals surface area contributed by atoms with Crippen molar-refractivity contribution in [1.82, 2.24) is 10.2 Å². The van der Waals surface area contributed by atoms with Crippen LogP contribution in [0.5, 0.6) is 0 Å². The Morgan fingerprint density at radius 1 is 1.00 bits per heavy atom. The number of aliphatic hydroxyl groups is 1. The zero-order valence-corrected chi connectivity index (χ0v) is 15.1. The minimum Gasteiger partial charge on any atom is -0.379 e. The molecule has 2 aromatic carbocycles. The molecule has 2 atom stereocenters. The van der Waals surface area contributed by atoms with Crippen LogP contribution in [0, 0.1) is 13.8 Å². The van der Waals surface area contributed by atoms with Crippen molar-refractivity contribution in [3.63, 3.8) is 0 Å². The first kappa shape index (κ1) is 18.1. The minimum atomic E-state index is -0.658. The zero-order valence-electron chi connectivity index (χ0n) is 15.1. The Labute approximate surface area is 150 Å². The van der Waals surface area contributed by atoms with Crippen LogP contribution >= 0.6 is 0 Å². The van der Waals surface area contributed by atoms with Gasteiger partial charge in [-0.15, -0.1) is 0 Å². The van der Waals surface area contributed by atoms with E-state index in [4.69, 9.17) is 4.74 Å². The van der Waals surface area contributed by atoms with E-state index < -0.39 is 6.23 Å². The van der Waals surface area contributed by atoms with E-state index in [0.29, 0.717) is 6.54 Å². The van der Waals surface area contributed by atoms with Gasteiger partial charge < -0.3 is 9.84 Å². The summed E-state index contributed by atoms with van der Waals surface area (Å²) in [6, 6.07) is 16.9. The van der Waals surface area contributed by atoms with Crippen LogP contribution in [-0.4, -0.2) is 42.9 Å². The van der Waals surface area contributed by atoms with Crippen molar-refractivity contribution in [3.05, 3.63) is 70.8 Å². The number of hydrogen-bond acceptors (Lipinski definition) is 4. The molecule has 0 spiro atoms. The van der Waals surface area contributed by atoms with Crippen molar-refractivity contribution in [2.75, 3.05) is 32.8 Å². The SMILES string of the molecule is Cc1ccc(C(CN[C@H](O)c2cccc(C)c2)N2CCOCC2)cc1. The maximum absolute atomic E-state index is 10.5. The molecule has 1 aliphatic heterocycles. The number of rotatable bonds is 6. The Bertz CT molecular complexity index is 666. The van der Waals surface area contributed by atoms with Crippen LogP contribution in [0.15, 0.2) is 48.5 Å². The summed E-state index contributed by atoms with van der Waals surface area (Å²) in [4.78, 5) is 2.43. The van der Waals surface area contributed by atoms with Gasteiger partial charge in [0.25, 0.3) is 0 Å². The third kappa shape index (κ3) is 4.89. The number of hydrogen-bond donors (Lipinski definition) is 2. The molecule has 25 heavy (non-hydrogen) atoms. The molecule has 134 valence electrons. The van der Waals surface area contributed by atoms with Crippen LogP contribution in [0.1, 0.15) is 34.5 Å². The second-order valence-corrected chi connectivity index (χ2v) is 6.80. The summed E-state index contributed by atoms with van der Waals surface area (Å²) in [5.74, 6) is 0. The van der Waals surface area contributed by atoms with Gasteiger partial charge in [-0.2, -0.15) is 0 Å². The quantitative estimate of drug-likeness (QED) is 0.794. The molecule has 1 saturated heterocycles. The highest BCUT2D eigenvalue weighted by atomic mass is 16.5. The van der Waals surface area contributed by atoms with Gasteiger partial charge in [0.05, 0.1) is 13.2 Å². The average molecular weight is 340 g/mol. The number of nitrogens with one attached hydrogen (secondary N) is 1. The van der Waals surface area contributed by atoms with Crippen LogP contribution in [0.25, 0.3) is 0 Å². The Morgan fingerprint density at radius 2 is 1.72 bits per heavy atom. The van der Waals surface area contributed by atoms with Crippen molar-refractivity contribution in [1.29, 1.82) is 0 Å². The summed E-state index contributed by atoms with van der Waals surface area (Å²) in [6.45, 7) is 8.21. The van der Waals surface area contributed by atoms with Gasteiger partial charge >= 0.3 is 0 Å². The van der Waals surface area contributed by atoms with Crippen molar-refractivity contribution in [3.8, 4) is 0 Å². The molecule has 2 N–H and O–H groups in total. The molecule has 3 rings (SSSR count).